The van der Waals surface area contributed by atoms with E-state index in [4.69, 9.17) is 11.1 Å². The maximum atomic E-state index is 13.0. The van der Waals surface area contributed by atoms with Gasteiger partial charge in [0.15, 0.2) is 11.7 Å². The van der Waals surface area contributed by atoms with Crippen molar-refractivity contribution >= 4 is 41.1 Å². The molecule has 1 aliphatic heterocycles. The van der Waals surface area contributed by atoms with Crippen LogP contribution in [0.15, 0.2) is 24.3 Å². The molecule has 1 aromatic rings. The van der Waals surface area contributed by atoms with Crippen LogP contribution in [0.2, 0.25) is 0 Å². The number of carbonyl (C=O) groups excluding carboxylic acids is 5. The number of halogens is 1. The molecule has 0 spiro atoms. The number of hydrogen-bond donors (Lipinski definition) is 6. The SMILES string of the molecule is CC(=O)Nc1cccc(C(=O)NCC(=O)N2CCC[C@H]2C(=O)N[C@@H](CCCNC(=N)N)C(=O)CF)c1. The predicted octanol–water partition coefficient (Wildman–Crippen LogP) is -0.348. The van der Waals surface area contributed by atoms with Crippen molar-refractivity contribution < 1.29 is 28.4 Å². The van der Waals surface area contributed by atoms with E-state index in [-0.39, 0.29) is 36.9 Å². The zero-order valence-electron chi connectivity index (χ0n) is 20.1. The molecule has 1 fully saturated rings. The van der Waals surface area contributed by atoms with Crippen LogP contribution in [0.4, 0.5) is 10.1 Å². The average Bonchev–Trinajstić information content (AvgIpc) is 3.33. The summed E-state index contributed by atoms with van der Waals surface area (Å²) < 4.78 is 13.0. The van der Waals surface area contributed by atoms with Gasteiger partial charge in [0.2, 0.25) is 17.7 Å². The summed E-state index contributed by atoms with van der Waals surface area (Å²) >= 11 is 0. The second-order valence-electron chi connectivity index (χ2n) is 8.33. The highest BCUT2D eigenvalue weighted by atomic mass is 19.1. The van der Waals surface area contributed by atoms with E-state index in [2.05, 4.69) is 21.3 Å². The summed E-state index contributed by atoms with van der Waals surface area (Å²) in [7, 11) is 0. The van der Waals surface area contributed by atoms with Crippen molar-refractivity contribution in [3.05, 3.63) is 29.8 Å². The van der Waals surface area contributed by atoms with Crippen molar-refractivity contribution in [1.82, 2.24) is 20.9 Å². The zero-order valence-corrected chi connectivity index (χ0v) is 20.1. The Bertz CT molecular complexity index is 1000. The lowest BCUT2D eigenvalue weighted by Gasteiger charge is -2.26. The highest BCUT2D eigenvalue weighted by Crippen LogP contribution is 2.18. The number of alkyl halides is 1. The van der Waals surface area contributed by atoms with Gasteiger partial charge in [0.25, 0.3) is 5.91 Å². The molecule has 0 bridgehead atoms. The molecular weight excluding hydrogens is 473 g/mol. The Labute approximate surface area is 208 Å². The number of carbonyl (C=O) groups is 5. The maximum absolute atomic E-state index is 13.0. The van der Waals surface area contributed by atoms with Crippen LogP contribution in [0, 0.1) is 5.41 Å². The highest BCUT2D eigenvalue weighted by Gasteiger charge is 2.35. The molecule has 0 saturated carbocycles. The lowest BCUT2D eigenvalue weighted by Crippen LogP contribution is -2.52. The number of rotatable bonds is 12. The van der Waals surface area contributed by atoms with E-state index in [0.29, 0.717) is 31.5 Å². The summed E-state index contributed by atoms with van der Waals surface area (Å²) in [5.41, 5.74) is 5.88. The number of likely N-dealkylation sites (tertiary alicyclic amines) is 1. The number of nitrogens with zero attached hydrogens (tertiary/aromatic N) is 1. The third-order valence-corrected chi connectivity index (χ3v) is 5.54. The summed E-state index contributed by atoms with van der Waals surface area (Å²) in [6.45, 7) is 0.331. The minimum absolute atomic E-state index is 0.142. The van der Waals surface area contributed by atoms with Crippen LogP contribution in [-0.4, -0.2) is 78.7 Å². The monoisotopic (exact) mass is 505 g/mol. The average molecular weight is 506 g/mol. The summed E-state index contributed by atoms with van der Waals surface area (Å²) in [5.74, 6) is -2.87. The molecule has 0 aromatic heterocycles. The molecule has 1 heterocycles. The molecule has 36 heavy (non-hydrogen) atoms. The van der Waals surface area contributed by atoms with E-state index in [1.165, 1.54) is 24.0 Å². The molecule has 2 rings (SSSR count). The smallest absolute Gasteiger partial charge is 0.251 e. The standard InChI is InChI=1S/C23H32FN7O5/c1-14(32)29-16-6-2-5-15(11-16)21(35)28-13-20(34)31-10-4-8-18(31)22(36)30-17(19(33)12-24)7-3-9-27-23(25)26/h2,5-6,11,17-18H,3-4,7-10,12-13H2,1H3,(H,28,35)(H,29,32)(H,30,36)(H4,25,26,27)/t17-,18-/m0/s1. The van der Waals surface area contributed by atoms with E-state index in [1.807, 2.05) is 0 Å². The van der Waals surface area contributed by atoms with Crippen LogP contribution in [0.3, 0.4) is 0 Å². The number of anilines is 1. The molecule has 4 amide bonds. The molecule has 196 valence electrons. The van der Waals surface area contributed by atoms with E-state index < -0.39 is 42.3 Å². The minimum Gasteiger partial charge on any atom is -0.370 e. The van der Waals surface area contributed by atoms with Gasteiger partial charge in [-0.1, -0.05) is 6.07 Å². The third kappa shape index (κ3) is 8.64. The molecule has 0 radical (unpaired) electrons. The van der Waals surface area contributed by atoms with Gasteiger partial charge in [0.05, 0.1) is 12.6 Å². The van der Waals surface area contributed by atoms with Crippen molar-refractivity contribution in [3.8, 4) is 0 Å². The Morgan fingerprint density at radius 3 is 2.64 bits per heavy atom. The molecule has 2 atom stereocenters. The molecule has 0 unspecified atom stereocenters. The number of guanidine groups is 1. The molecule has 13 heteroatoms. The Hall–Kier alpha value is -4.03. The van der Waals surface area contributed by atoms with Crippen molar-refractivity contribution in [2.24, 2.45) is 5.73 Å². The Balaban J connectivity index is 1.93. The van der Waals surface area contributed by atoms with Gasteiger partial charge in [-0.05, 0) is 43.9 Å². The zero-order chi connectivity index (χ0) is 26.7. The molecule has 1 aliphatic rings. The summed E-state index contributed by atoms with van der Waals surface area (Å²) in [5, 5.41) is 17.3. The molecule has 7 N–H and O–H groups in total. The van der Waals surface area contributed by atoms with Crippen LogP contribution in [0.25, 0.3) is 0 Å². The molecule has 0 aliphatic carbocycles. The number of nitrogens with one attached hydrogen (secondary N) is 5. The van der Waals surface area contributed by atoms with Crippen molar-refractivity contribution in [3.63, 3.8) is 0 Å². The number of nitrogens with two attached hydrogens (primary N) is 1. The quantitative estimate of drug-likeness (QED) is 0.127. The number of Topliss-reactive ketones (excluding diaryl/α,β-unsaturated/α-hetero) is 1. The molecular formula is C23H32FN7O5. The maximum Gasteiger partial charge on any atom is 0.251 e. The van der Waals surface area contributed by atoms with Gasteiger partial charge < -0.3 is 31.9 Å². The Kier molecular flexibility index (Phi) is 10.8. The topological polar surface area (TPSA) is 187 Å². The van der Waals surface area contributed by atoms with Crippen molar-refractivity contribution in [2.45, 2.75) is 44.7 Å². The lowest BCUT2D eigenvalue weighted by molar-refractivity contribution is -0.138. The summed E-state index contributed by atoms with van der Waals surface area (Å²) in [6.07, 6.45) is 1.43. The Morgan fingerprint density at radius 2 is 1.97 bits per heavy atom. The largest absolute Gasteiger partial charge is 0.370 e. The normalized spacial score (nSPS) is 15.5. The van der Waals surface area contributed by atoms with Crippen LogP contribution in [-0.2, 0) is 19.2 Å². The number of hydrogen-bond acceptors (Lipinski definition) is 6. The first-order valence-corrected chi connectivity index (χ1v) is 11.5. The van der Waals surface area contributed by atoms with Gasteiger partial charge in [-0.25, -0.2) is 4.39 Å². The number of amides is 4. The van der Waals surface area contributed by atoms with Crippen LogP contribution in [0.1, 0.15) is 43.0 Å². The first-order valence-electron chi connectivity index (χ1n) is 11.5. The van der Waals surface area contributed by atoms with Crippen LogP contribution < -0.4 is 27.0 Å². The van der Waals surface area contributed by atoms with Crippen molar-refractivity contribution in [1.29, 1.82) is 5.41 Å². The third-order valence-electron chi connectivity index (χ3n) is 5.54. The molecule has 12 nitrogen and oxygen atoms in total. The van der Waals surface area contributed by atoms with E-state index >= 15 is 0 Å². The number of benzene rings is 1. The first kappa shape index (κ1) is 28.2. The molecule has 1 aromatic carbocycles. The minimum atomic E-state index is -1.24. The summed E-state index contributed by atoms with van der Waals surface area (Å²) in [4.78, 5) is 62.6. The molecule has 1 saturated heterocycles. The fourth-order valence-corrected chi connectivity index (χ4v) is 3.84. The van der Waals surface area contributed by atoms with E-state index in [9.17, 15) is 28.4 Å². The second kappa shape index (κ2) is 13.8. The van der Waals surface area contributed by atoms with Gasteiger partial charge in [0, 0.05) is 31.3 Å². The van der Waals surface area contributed by atoms with Gasteiger partial charge >= 0.3 is 0 Å². The van der Waals surface area contributed by atoms with E-state index in [1.54, 1.807) is 12.1 Å². The Morgan fingerprint density at radius 1 is 1.22 bits per heavy atom. The van der Waals surface area contributed by atoms with Gasteiger partial charge in [-0.15, -0.1) is 0 Å². The fourth-order valence-electron chi connectivity index (χ4n) is 3.84. The lowest BCUT2D eigenvalue weighted by atomic mass is 10.1. The number of ketones is 1. The van der Waals surface area contributed by atoms with Gasteiger partial charge in [0.1, 0.15) is 12.7 Å². The highest BCUT2D eigenvalue weighted by molar-refractivity contribution is 5.99. The first-order chi connectivity index (χ1) is 17.1. The summed E-state index contributed by atoms with van der Waals surface area (Å²) in [6, 6.07) is 4.31. The van der Waals surface area contributed by atoms with E-state index in [0.717, 1.165) is 0 Å². The van der Waals surface area contributed by atoms with Crippen LogP contribution >= 0.6 is 0 Å². The van der Waals surface area contributed by atoms with Gasteiger partial charge in [-0.2, -0.15) is 0 Å². The van der Waals surface area contributed by atoms with Crippen LogP contribution in [0.5, 0.6) is 0 Å². The predicted molar refractivity (Wildman–Crippen MR) is 130 cm³/mol. The second-order valence-corrected chi connectivity index (χ2v) is 8.33. The fraction of sp³-hybridized carbons (Fsp3) is 0.478. The van der Waals surface area contributed by atoms with Crippen molar-refractivity contribution in [2.75, 3.05) is 31.6 Å². The van der Waals surface area contributed by atoms with Gasteiger partial charge in [-0.3, -0.25) is 29.4 Å².